The number of anilines is 1. The van der Waals surface area contributed by atoms with E-state index in [1.54, 1.807) is 62.5 Å². The first-order valence-corrected chi connectivity index (χ1v) is 7.88. The molecule has 0 saturated heterocycles. The fourth-order valence-electron chi connectivity index (χ4n) is 1.99. The van der Waals surface area contributed by atoms with Crippen LogP contribution in [0.5, 0.6) is 5.75 Å². The summed E-state index contributed by atoms with van der Waals surface area (Å²) in [6.07, 6.45) is -0.349. The van der Waals surface area contributed by atoms with E-state index in [-0.39, 0.29) is 11.8 Å². The largest absolute Gasteiger partial charge is 0.481 e. The summed E-state index contributed by atoms with van der Waals surface area (Å²) in [6.45, 7) is 1.67. The zero-order valence-corrected chi connectivity index (χ0v) is 14.3. The monoisotopic (exact) mass is 346 g/mol. The zero-order valence-electron chi connectivity index (χ0n) is 13.5. The molecule has 0 bridgehead atoms. The molecule has 0 aliphatic carbocycles. The molecule has 126 valence electrons. The summed E-state index contributed by atoms with van der Waals surface area (Å²) >= 11 is 5.81. The number of rotatable bonds is 6. The van der Waals surface area contributed by atoms with Gasteiger partial charge in [0.15, 0.2) is 6.10 Å². The molecule has 24 heavy (non-hydrogen) atoms. The Hall–Kier alpha value is -2.53. The van der Waals surface area contributed by atoms with Crippen LogP contribution < -0.4 is 15.4 Å². The normalized spacial score (nSPS) is 11.5. The van der Waals surface area contributed by atoms with Gasteiger partial charge in [-0.1, -0.05) is 23.7 Å². The van der Waals surface area contributed by atoms with Gasteiger partial charge in [0.2, 0.25) is 5.91 Å². The number of carbonyl (C=O) groups is 2. The molecule has 2 N–H and O–H groups in total. The standard InChI is InChI=1S/C18H19ClN2O3/c1-12(24-16-9-5-14(19)6-10-16)18(23)21-15-7-3-13(4-8-15)11-17(22)20-2/h3-10,12H,11H2,1-2H3,(H,20,22)(H,21,23). The fraction of sp³-hybridized carbons (Fsp3) is 0.222. The first kappa shape index (κ1) is 17.8. The van der Waals surface area contributed by atoms with Crippen molar-refractivity contribution in [3.8, 4) is 5.75 Å². The summed E-state index contributed by atoms with van der Waals surface area (Å²) < 4.78 is 5.57. The van der Waals surface area contributed by atoms with Gasteiger partial charge in [0.25, 0.3) is 5.91 Å². The molecular formula is C18H19ClN2O3. The molecule has 2 aromatic rings. The molecule has 2 rings (SSSR count). The molecule has 1 unspecified atom stereocenters. The molecule has 0 aliphatic heterocycles. The molecule has 0 radical (unpaired) electrons. The van der Waals surface area contributed by atoms with Crippen LogP contribution in [0.4, 0.5) is 5.69 Å². The second-order valence-corrected chi connectivity index (χ2v) is 5.69. The third-order valence-corrected chi connectivity index (χ3v) is 3.61. The van der Waals surface area contributed by atoms with Crippen LogP contribution in [0.1, 0.15) is 12.5 Å². The second-order valence-electron chi connectivity index (χ2n) is 5.25. The van der Waals surface area contributed by atoms with Crippen molar-refractivity contribution in [2.24, 2.45) is 0 Å². The first-order valence-electron chi connectivity index (χ1n) is 7.50. The van der Waals surface area contributed by atoms with E-state index < -0.39 is 6.10 Å². The van der Waals surface area contributed by atoms with Crippen LogP contribution >= 0.6 is 11.6 Å². The van der Waals surface area contributed by atoms with Gasteiger partial charge < -0.3 is 15.4 Å². The minimum atomic E-state index is -0.656. The van der Waals surface area contributed by atoms with Gasteiger partial charge in [-0.15, -0.1) is 0 Å². The lowest BCUT2D eigenvalue weighted by Crippen LogP contribution is -2.30. The van der Waals surface area contributed by atoms with Crippen LogP contribution in [0, 0.1) is 0 Å². The number of halogens is 1. The molecule has 0 aliphatic rings. The highest BCUT2D eigenvalue weighted by Gasteiger charge is 2.15. The van der Waals surface area contributed by atoms with Crippen molar-refractivity contribution in [2.75, 3.05) is 12.4 Å². The van der Waals surface area contributed by atoms with Crippen LogP contribution in [-0.4, -0.2) is 25.0 Å². The van der Waals surface area contributed by atoms with E-state index in [1.807, 2.05) is 0 Å². The average Bonchev–Trinajstić information content (AvgIpc) is 2.58. The van der Waals surface area contributed by atoms with Gasteiger partial charge >= 0.3 is 0 Å². The molecule has 0 aromatic heterocycles. The summed E-state index contributed by atoms with van der Waals surface area (Å²) in [5.74, 6) is 0.253. The Kier molecular flexibility index (Phi) is 6.21. The van der Waals surface area contributed by atoms with Crippen molar-refractivity contribution in [1.29, 1.82) is 0 Å². The Balaban J connectivity index is 1.91. The lowest BCUT2D eigenvalue weighted by Gasteiger charge is -2.15. The van der Waals surface area contributed by atoms with E-state index in [2.05, 4.69) is 10.6 Å². The maximum atomic E-state index is 12.2. The van der Waals surface area contributed by atoms with Crippen LogP contribution in [0.3, 0.4) is 0 Å². The third-order valence-electron chi connectivity index (χ3n) is 3.36. The van der Waals surface area contributed by atoms with Gasteiger partial charge in [-0.25, -0.2) is 0 Å². The molecule has 0 heterocycles. The summed E-state index contributed by atoms with van der Waals surface area (Å²) in [5.41, 5.74) is 1.52. The number of ether oxygens (including phenoxy) is 1. The van der Waals surface area contributed by atoms with E-state index in [0.29, 0.717) is 22.9 Å². The Morgan fingerprint density at radius 2 is 1.71 bits per heavy atom. The lowest BCUT2D eigenvalue weighted by molar-refractivity contribution is -0.122. The van der Waals surface area contributed by atoms with Crippen molar-refractivity contribution in [1.82, 2.24) is 5.32 Å². The lowest BCUT2D eigenvalue weighted by atomic mass is 10.1. The SMILES string of the molecule is CNC(=O)Cc1ccc(NC(=O)C(C)Oc2ccc(Cl)cc2)cc1. The molecular weight excluding hydrogens is 328 g/mol. The van der Waals surface area contributed by atoms with Gasteiger partial charge in [-0.2, -0.15) is 0 Å². The Morgan fingerprint density at radius 1 is 1.08 bits per heavy atom. The van der Waals surface area contributed by atoms with Crippen LogP contribution in [0.2, 0.25) is 5.02 Å². The number of nitrogens with one attached hydrogen (secondary N) is 2. The Labute approximate surface area is 146 Å². The second kappa shape index (κ2) is 8.36. The van der Waals surface area contributed by atoms with E-state index in [4.69, 9.17) is 16.3 Å². The van der Waals surface area contributed by atoms with E-state index >= 15 is 0 Å². The Bertz CT molecular complexity index is 699. The van der Waals surface area contributed by atoms with E-state index in [1.165, 1.54) is 0 Å². The number of hydrogen-bond acceptors (Lipinski definition) is 3. The quantitative estimate of drug-likeness (QED) is 0.844. The van der Waals surface area contributed by atoms with Gasteiger partial charge in [-0.3, -0.25) is 9.59 Å². The zero-order chi connectivity index (χ0) is 17.5. The van der Waals surface area contributed by atoms with Crippen molar-refractivity contribution in [2.45, 2.75) is 19.4 Å². The van der Waals surface area contributed by atoms with E-state index in [9.17, 15) is 9.59 Å². The summed E-state index contributed by atoms with van der Waals surface area (Å²) in [6, 6.07) is 13.9. The van der Waals surface area contributed by atoms with Gasteiger partial charge in [0, 0.05) is 17.8 Å². The summed E-state index contributed by atoms with van der Waals surface area (Å²) in [5, 5.41) is 5.95. The topological polar surface area (TPSA) is 67.4 Å². The van der Waals surface area contributed by atoms with E-state index in [0.717, 1.165) is 5.56 Å². The van der Waals surface area contributed by atoms with Gasteiger partial charge in [0.05, 0.1) is 6.42 Å². The van der Waals surface area contributed by atoms with Crippen molar-refractivity contribution in [3.05, 3.63) is 59.1 Å². The molecule has 2 aromatic carbocycles. The molecule has 0 saturated carbocycles. The van der Waals surface area contributed by atoms with Crippen LogP contribution in [0.15, 0.2) is 48.5 Å². The third kappa shape index (κ3) is 5.28. The smallest absolute Gasteiger partial charge is 0.265 e. The number of benzene rings is 2. The molecule has 2 amide bonds. The maximum absolute atomic E-state index is 12.2. The molecule has 0 fully saturated rings. The molecule has 5 nitrogen and oxygen atoms in total. The average molecular weight is 347 g/mol. The highest BCUT2D eigenvalue weighted by molar-refractivity contribution is 6.30. The number of amides is 2. The molecule has 1 atom stereocenters. The maximum Gasteiger partial charge on any atom is 0.265 e. The molecule has 0 spiro atoms. The molecule has 6 heteroatoms. The first-order chi connectivity index (χ1) is 11.5. The van der Waals surface area contributed by atoms with Crippen molar-refractivity contribution >= 4 is 29.1 Å². The summed E-state index contributed by atoms with van der Waals surface area (Å²) in [4.78, 5) is 23.5. The van der Waals surface area contributed by atoms with Crippen molar-refractivity contribution in [3.63, 3.8) is 0 Å². The van der Waals surface area contributed by atoms with Gasteiger partial charge in [-0.05, 0) is 48.9 Å². The Morgan fingerprint density at radius 3 is 2.29 bits per heavy atom. The fourth-order valence-corrected chi connectivity index (χ4v) is 2.12. The minimum absolute atomic E-state index is 0.0585. The number of carbonyl (C=O) groups excluding carboxylic acids is 2. The van der Waals surface area contributed by atoms with Crippen molar-refractivity contribution < 1.29 is 14.3 Å². The predicted octanol–water partition coefficient (Wildman–Crippen LogP) is 3.03. The minimum Gasteiger partial charge on any atom is -0.481 e. The van der Waals surface area contributed by atoms with Crippen LogP contribution in [0.25, 0.3) is 0 Å². The predicted molar refractivity (Wildman–Crippen MR) is 94.4 cm³/mol. The van der Waals surface area contributed by atoms with Gasteiger partial charge in [0.1, 0.15) is 5.75 Å². The summed E-state index contributed by atoms with van der Waals surface area (Å²) in [7, 11) is 1.60. The highest BCUT2D eigenvalue weighted by Crippen LogP contribution is 2.17. The highest BCUT2D eigenvalue weighted by atomic mass is 35.5. The number of hydrogen-bond donors (Lipinski definition) is 2. The van der Waals surface area contributed by atoms with Crippen LogP contribution in [-0.2, 0) is 16.0 Å². The number of likely N-dealkylation sites (N-methyl/N-ethyl adjacent to an activating group) is 1.